The van der Waals surface area contributed by atoms with Gasteiger partial charge in [-0.2, -0.15) is 0 Å². The minimum absolute atomic E-state index is 0.120. The summed E-state index contributed by atoms with van der Waals surface area (Å²) >= 11 is 0. The van der Waals surface area contributed by atoms with Crippen molar-refractivity contribution in [1.82, 2.24) is 0 Å². The van der Waals surface area contributed by atoms with Gasteiger partial charge in [-0.05, 0) is 18.4 Å². The van der Waals surface area contributed by atoms with Gasteiger partial charge in [0.1, 0.15) is 0 Å². The van der Waals surface area contributed by atoms with E-state index in [2.05, 4.69) is 0 Å². The number of hydrogen-bond acceptors (Lipinski definition) is 2. The quantitative estimate of drug-likeness (QED) is 0.806. The van der Waals surface area contributed by atoms with Crippen LogP contribution in [0, 0.1) is 5.92 Å². The molecule has 0 heterocycles. The van der Waals surface area contributed by atoms with Crippen LogP contribution in [0.25, 0.3) is 0 Å². The fourth-order valence-electron chi connectivity index (χ4n) is 1.44. The maximum atomic E-state index is 9.75. The minimum Gasteiger partial charge on any atom is -0.390 e. The molecule has 1 N–H and O–H groups in total. The molecule has 0 unspecified atom stereocenters. The summed E-state index contributed by atoms with van der Waals surface area (Å²) in [4.78, 5) is 0. The molecule has 1 aromatic carbocycles. The van der Waals surface area contributed by atoms with Crippen LogP contribution < -0.4 is 0 Å². The Morgan fingerprint density at radius 1 is 1.13 bits per heavy atom. The molecule has 84 valence electrons. The van der Waals surface area contributed by atoms with Crippen LogP contribution in [-0.4, -0.2) is 17.3 Å². The van der Waals surface area contributed by atoms with E-state index < -0.39 is 6.10 Å². The van der Waals surface area contributed by atoms with Gasteiger partial charge in [-0.3, -0.25) is 0 Å². The summed E-state index contributed by atoms with van der Waals surface area (Å²) in [6, 6.07) is 10.0. The fourth-order valence-corrected chi connectivity index (χ4v) is 1.44. The Morgan fingerprint density at radius 2 is 1.73 bits per heavy atom. The van der Waals surface area contributed by atoms with Gasteiger partial charge >= 0.3 is 0 Å². The summed E-state index contributed by atoms with van der Waals surface area (Å²) in [6.45, 7) is 6.46. The van der Waals surface area contributed by atoms with Crippen LogP contribution in [0.2, 0.25) is 0 Å². The first-order chi connectivity index (χ1) is 7.11. The van der Waals surface area contributed by atoms with Crippen molar-refractivity contribution in [3.63, 3.8) is 0 Å². The van der Waals surface area contributed by atoms with Gasteiger partial charge in [0.05, 0.1) is 18.8 Å². The normalized spacial score (nSPS) is 15.3. The predicted octanol–water partition coefficient (Wildman–Crippen LogP) is 2.61. The topological polar surface area (TPSA) is 29.5 Å². The Hall–Kier alpha value is -0.860. The average molecular weight is 208 g/mol. The van der Waals surface area contributed by atoms with Crippen molar-refractivity contribution in [2.24, 2.45) is 5.92 Å². The van der Waals surface area contributed by atoms with Crippen LogP contribution in [0.5, 0.6) is 0 Å². The first-order valence-corrected chi connectivity index (χ1v) is 5.45. The van der Waals surface area contributed by atoms with Crippen LogP contribution in [0.3, 0.4) is 0 Å². The number of aliphatic hydroxyl groups excluding tert-OH is 1. The Bertz CT molecular complexity index is 269. The molecular weight excluding hydrogens is 188 g/mol. The van der Waals surface area contributed by atoms with Crippen molar-refractivity contribution in [3.05, 3.63) is 35.9 Å². The molecule has 2 heteroatoms. The van der Waals surface area contributed by atoms with Gasteiger partial charge in [0.2, 0.25) is 0 Å². The Morgan fingerprint density at radius 3 is 2.27 bits per heavy atom. The van der Waals surface area contributed by atoms with Gasteiger partial charge in [0, 0.05) is 0 Å². The van der Waals surface area contributed by atoms with E-state index in [1.807, 2.05) is 51.1 Å². The van der Waals surface area contributed by atoms with Crippen LogP contribution in [0.4, 0.5) is 0 Å². The highest BCUT2D eigenvalue weighted by Gasteiger charge is 2.17. The monoisotopic (exact) mass is 208 g/mol. The molecule has 0 spiro atoms. The zero-order valence-electron chi connectivity index (χ0n) is 9.68. The minimum atomic E-state index is -0.395. The molecule has 0 bridgehead atoms. The molecule has 2 atom stereocenters. The summed E-state index contributed by atoms with van der Waals surface area (Å²) < 4.78 is 5.60. The molecule has 1 aromatic rings. The Balaban J connectivity index is 2.37. The second-order valence-corrected chi connectivity index (χ2v) is 4.24. The van der Waals surface area contributed by atoms with Gasteiger partial charge in [-0.25, -0.2) is 0 Å². The number of hydrogen-bond donors (Lipinski definition) is 1. The highest BCUT2D eigenvalue weighted by Crippen LogP contribution is 2.11. The van der Waals surface area contributed by atoms with Crippen LogP contribution in [-0.2, 0) is 11.3 Å². The van der Waals surface area contributed by atoms with Gasteiger partial charge in [0.25, 0.3) is 0 Å². The summed E-state index contributed by atoms with van der Waals surface area (Å²) in [6.07, 6.45) is -0.515. The first-order valence-electron chi connectivity index (χ1n) is 5.45. The molecule has 0 amide bonds. The second kappa shape index (κ2) is 5.89. The first kappa shape index (κ1) is 12.2. The van der Waals surface area contributed by atoms with Crippen molar-refractivity contribution in [1.29, 1.82) is 0 Å². The predicted molar refractivity (Wildman–Crippen MR) is 61.5 cm³/mol. The van der Waals surface area contributed by atoms with E-state index in [4.69, 9.17) is 4.74 Å². The number of benzene rings is 1. The van der Waals surface area contributed by atoms with Gasteiger partial charge in [0.15, 0.2) is 0 Å². The number of rotatable bonds is 5. The maximum Gasteiger partial charge on any atom is 0.0822 e. The SMILES string of the molecule is CC(C)[C@@H](O)[C@H](C)OCc1ccccc1. The zero-order chi connectivity index (χ0) is 11.3. The van der Waals surface area contributed by atoms with Crippen molar-refractivity contribution >= 4 is 0 Å². The smallest absolute Gasteiger partial charge is 0.0822 e. The van der Waals surface area contributed by atoms with Crippen LogP contribution >= 0.6 is 0 Å². The van der Waals surface area contributed by atoms with E-state index in [0.29, 0.717) is 6.61 Å². The van der Waals surface area contributed by atoms with Gasteiger partial charge in [-0.15, -0.1) is 0 Å². The molecule has 0 saturated carbocycles. The lowest BCUT2D eigenvalue weighted by molar-refractivity contribution is -0.0533. The summed E-state index contributed by atoms with van der Waals surface area (Å²) in [5.41, 5.74) is 1.14. The molecule has 15 heavy (non-hydrogen) atoms. The van der Waals surface area contributed by atoms with E-state index in [1.165, 1.54) is 0 Å². The Labute approximate surface area is 91.9 Å². The second-order valence-electron chi connectivity index (χ2n) is 4.24. The highest BCUT2D eigenvalue weighted by atomic mass is 16.5. The standard InChI is InChI=1S/C13H20O2/c1-10(2)13(14)11(3)15-9-12-7-5-4-6-8-12/h4-8,10-11,13-14H,9H2,1-3H3/t11-,13+/m0/s1. The molecule has 0 fully saturated rings. The maximum absolute atomic E-state index is 9.75. The third kappa shape index (κ3) is 4.02. The molecule has 0 saturated heterocycles. The van der Waals surface area contributed by atoms with Crippen LogP contribution in [0.15, 0.2) is 30.3 Å². The van der Waals surface area contributed by atoms with E-state index in [-0.39, 0.29) is 12.0 Å². The number of aliphatic hydroxyl groups is 1. The van der Waals surface area contributed by atoms with Crippen molar-refractivity contribution in [3.8, 4) is 0 Å². The molecule has 0 radical (unpaired) electrons. The summed E-state index contributed by atoms with van der Waals surface area (Å²) in [5, 5.41) is 9.75. The molecule has 0 aromatic heterocycles. The average Bonchev–Trinajstić information content (AvgIpc) is 2.26. The molecule has 1 rings (SSSR count). The third-order valence-corrected chi connectivity index (χ3v) is 2.52. The van der Waals surface area contributed by atoms with Crippen molar-refractivity contribution < 1.29 is 9.84 Å². The Kier molecular flexibility index (Phi) is 4.79. The molecule has 0 aliphatic rings. The number of ether oxygens (including phenoxy) is 1. The van der Waals surface area contributed by atoms with E-state index in [1.54, 1.807) is 0 Å². The lowest BCUT2D eigenvalue weighted by Gasteiger charge is -2.22. The highest BCUT2D eigenvalue weighted by molar-refractivity contribution is 5.13. The molecular formula is C13H20O2. The van der Waals surface area contributed by atoms with E-state index >= 15 is 0 Å². The lowest BCUT2D eigenvalue weighted by Crippen LogP contribution is -2.30. The fraction of sp³-hybridized carbons (Fsp3) is 0.538. The van der Waals surface area contributed by atoms with Crippen LogP contribution in [0.1, 0.15) is 26.3 Å². The van der Waals surface area contributed by atoms with Gasteiger partial charge in [-0.1, -0.05) is 44.2 Å². The lowest BCUT2D eigenvalue weighted by atomic mass is 10.0. The van der Waals surface area contributed by atoms with E-state index in [0.717, 1.165) is 5.56 Å². The third-order valence-electron chi connectivity index (χ3n) is 2.52. The van der Waals surface area contributed by atoms with E-state index in [9.17, 15) is 5.11 Å². The van der Waals surface area contributed by atoms with Crippen molar-refractivity contribution in [2.45, 2.75) is 39.6 Å². The summed E-state index contributed by atoms with van der Waals surface area (Å²) in [7, 11) is 0. The molecule has 0 aliphatic heterocycles. The molecule has 0 aliphatic carbocycles. The zero-order valence-corrected chi connectivity index (χ0v) is 9.68. The summed E-state index contributed by atoms with van der Waals surface area (Å²) in [5.74, 6) is 0.232. The largest absolute Gasteiger partial charge is 0.390 e. The van der Waals surface area contributed by atoms with Crippen molar-refractivity contribution in [2.75, 3.05) is 0 Å². The molecule has 2 nitrogen and oxygen atoms in total. The van der Waals surface area contributed by atoms with Gasteiger partial charge < -0.3 is 9.84 Å².